The van der Waals surface area contributed by atoms with E-state index in [9.17, 15) is 9.59 Å². The fraction of sp³-hybridized carbons (Fsp3) is 0.533. The lowest BCUT2D eigenvalue weighted by Crippen LogP contribution is -2.32. The van der Waals surface area contributed by atoms with E-state index in [1.165, 1.54) is 13.3 Å². The topological polar surface area (TPSA) is 80.8 Å². The lowest BCUT2D eigenvalue weighted by atomic mass is 10.1. The summed E-state index contributed by atoms with van der Waals surface area (Å²) in [5, 5.41) is 2.85. The van der Waals surface area contributed by atoms with Crippen molar-refractivity contribution in [2.75, 3.05) is 40.5 Å². The number of amides is 2. The van der Waals surface area contributed by atoms with Crippen LogP contribution >= 0.6 is 0 Å². The molecule has 2 rings (SSSR count). The van der Waals surface area contributed by atoms with E-state index in [0.29, 0.717) is 44.1 Å². The zero-order chi connectivity index (χ0) is 15.9. The van der Waals surface area contributed by atoms with E-state index in [2.05, 4.69) is 10.3 Å². The molecule has 1 fully saturated rings. The van der Waals surface area contributed by atoms with Crippen LogP contribution in [0.4, 0.5) is 0 Å². The molecule has 120 valence electrons. The number of aromatic nitrogens is 1. The summed E-state index contributed by atoms with van der Waals surface area (Å²) in [7, 11) is 3.13. The predicted molar refractivity (Wildman–Crippen MR) is 79.7 cm³/mol. The van der Waals surface area contributed by atoms with Crippen LogP contribution in [0.5, 0.6) is 5.88 Å². The second-order valence-electron chi connectivity index (χ2n) is 5.20. The van der Waals surface area contributed by atoms with Gasteiger partial charge >= 0.3 is 0 Å². The lowest BCUT2D eigenvalue weighted by molar-refractivity contribution is -0.128. The smallest absolute Gasteiger partial charge is 0.252 e. The Morgan fingerprint density at radius 3 is 2.91 bits per heavy atom. The van der Waals surface area contributed by atoms with Crippen molar-refractivity contribution in [2.24, 2.45) is 5.92 Å². The molecule has 7 nitrogen and oxygen atoms in total. The zero-order valence-electron chi connectivity index (χ0n) is 12.9. The van der Waals surface area contributed by atoms with Gasteiger partial charge in [0.25, 0.3) is 5.91 Å². The molecular weight excluding hydrogens is 286 g/mol. The van der Waals surface area contributed by atoms with Crippen LogP contribution < -0.4 is 10.1 Å². The maximum atomic E-state index is 12.0. The van der Waals surface area contributed by atoms with Gasteiger partial charge in [-0.3, -0.25) is 9.59 Å². The molecule has 0 aliphatic carbocycles. The predicted octanol–water partition coefficient (Wildman–Crippen LogP) is 0.315. The summed E-state index contributed by atoms with van der Waals surface area (Å²) in [4.78, 5) is 29.6. The highest BCUT2D eigenvalue weighted by Gasteiger charge is 2.29. The van der Waals surface area contributed by atoms with Gasteiger partial charge in [-0.15, -0.1) is 0 Å². The second kappa shape index (κ2) is 7.74. The van der Waals surface area contributed by atoms with E-state index >= 15 is 0 Å². The average Bonchev–Trinajstić information content (AvgIpc) is 2.90. The molecule has 7 heteroatoms. The quantitative estimate of drug-likeness (QED) is 0.784. The van der Waals surface area contributed by atoms with Crippen LogP contribution in [0.15, 0.2) is 18.3 Å². The normalized spacial score (nSPS) is 17.6. The molecule has 1 aromatic heterocycles. The van der Waals surface area contributed by atoms with Crippen molar-refractivity contribution in [3.8, 4) is 5.88 Å². The van der Waals surface area contributed by atoms with Gasteiger partial charge in [-0.2, -0.15) is 0 Å². The van der Waals surface area contributed by atoms with Crippen molar-refractivity contribution in [2.45, 2.75) is 6.42 Å². The molecule has 1 atom stereocenters. The molecule has 1 saturated heterocycles. The van der Waals surface area contributed by atoms with E-state index in [1.807, 2.05) is 0 Å². The van der Waals surface area contributed by atoms with Gasteiger partial charge in [0.15, 0.2) is 0 Å². The molecule has 1 N–H and O–H groups in total. The first kappa shape index (κ1) is 16.2. The Kier molecular flexibility index (Phi) is 5.71. The molecule has 0 aromatic carbocycles. The van der Waals surface area contributed by atoms with E-state index in [4.69, 9.17) is 9.47 Å². The fourth-order valence-corrected chi connectivity index (χ4v) is 2.38. The number of nitrogens with one attached hydrogen (secondary N) is 1. The fourth-order valence-electron chi connectivity index (χ4n) is 2.38. The van der Waals surface area contributed by atoms with Crippen molar-refractivity contribution in [1.29, 1.82) is 0 Å². The van der Waals surface area contributed by atoms with Gasteiger partial charge in [0.2, 0.25) is 11.8 Å². The van der Waals surface area contributed by atoms with Crippen molar-refractivity contribution in [3.05, 3.63) is 23.9 Å². The summed E-state index contributed by atoms with van der Waals surface area (Å²) in [6, 6.07) is 3.30. The molecule has 2 amide bonds. The number of likely N-dealkylation sites (tertiary alicyclic amines) is 1. The lowest BCUT2D eigenvalue weighted by Gasteiger charge is -2.16. The minimum absolute atomic E-state index is 0.113. The van der Waals surface area contributed by atoms with Gasteiger partial charge in [0, 0.05) is 51.3 Å². The summed E-state index contributed by atoms with van der Waals surface area (Å²) < 4.78 is 9.93. The highest BCUT2D eigenvalue weighted by molar-refractivity contribution is 5.94. The summed E-state index contributed by atoms with van der Waals surface area (Å²) in [6.45, 7) is 2.26. The van der Waals surface area contributed by atoms with E-state index in [0.717, 1.165) is 0 Å². The molecule has 0 spiro atoms. The Labute approximate surface area is 129 Å². The van der Waals surface area contributed by atoms with E-state index in [-0.39, 0.29) is 17.7 Å². The van der Waals surface area contributed by atoms with Gasteiger partial charge < -0.3 is 19.7 Å². The Morgan fingerprint density at radius 2 is 2.27 bits per heavy atom. The standard InChI is InChI=1S/C15H21N3O4/c1-21-6-5-18-10-11(7-14(18)19)8-17-15(20)12-3-4-13(22-2)16-9-12/h3-4,9,11H,5-8,10H2,1-2H3,(H,17,20). The molecule has 0 radical (unpaired) electrons. The molecule has 1 aliphatic rings. The number of hydrogen-bond donors (Lipinski definition) is 1. The number of carbonyl (C=O) groups is 2. The highest BCUT2D eigenvalue weighted by Crippen LogP contribution is 2.16. The molecule has 0 saturated carbocycles. The number of ether oxygens (including phenoxy) is 2. The summed E-state index contributed by atoms with van der Waals surface area (Å²) in [5.41, 5.74) is 0.473. The van der Waals surface area contributed by atoms with Crippen molar-refractivity contribution in [3.63, 3.8) is 0 Å². The Balaban J connectivity index is 1.80. The van der Waals surface area contributed by atoms with Crippen molar-refractivity contribution in [1.82, 2.24) is 15.2 Å². The van der Waals surface area contributed by atoms with Gasteiger partial charge in [-0.1, -0.05) is 0 Å². The van der Waals surface area contributed by atoms with Gasteiger partial charge in [-0.25, -0.2) is 4.98 Å². The number of carbonyl (C=O) groups excluding carboxylic acids is 2. The SMILES string of the molecule is COCCN1CC(CNC(=O)c2ccc(OC)nc2)CC1=O. The van der Waals surface area contributed by atoms with Crippen LogP contribution in [0.1, 0.15) is 16.8 Å². The minimum atomic E-state index is -0.196. The second-order valence-corrected chi connectivity index (χ2v) is 5.20. The molecular formula is C15H21N3O4. The monoisotopic (exact) mass is 307 g/mol. The summed E-state index contributed by atoms with van der Waals surface area (Å²) in [5.74, 6) is 0.520. The van der Waals surface area contributed by atoms with Gasteiger partial charge in [0.05, 0.1) is 19.3 Å². The van der Waals surface area contributed by atoms with E-state index < -0.39 is 0 Å². The third-order valence-electron chi connectivity index (χ3n) is 3.62. The first-order valence-corrected chi connectivity index (χ1v) is 7.19. The third-order valence-corrected chi connectivity index (χ3v) is 3.62. The number of pyridine rings is 1. The van der Waals surface area contributed by atoms with E-state index in [1.54, 1.807) is 24.1 Å². The number of hydrogen-bond acceptors (Lipinski definition) is 5. The number of methoxy groups -OCH3 is 2. The molecule has 2 heterocycles. The molecule has 0 bridgehead atoms. The van der Waals surface area contributed by atoms with Crippen LogP contribution in [0.2, 0.25) is 0 Å². The molecule has 1 unspecified atom stereocenters. The van der Waals surface area contributed by atoms with Crippen molar-refractivity contribution < 1.29 is 19.1 Å². The first-order valence-electron chi connectivity index (χ1n) is 7.19. The van der Waals surface area contributed by atoms with Crippen molar-refractivity contribution >= 4 is 11.8 Å². The average molecular weight is 307 g/mol. The third kappa shape index (κ3) is 4.17. The van der Waals surface area contributed by atoms with Crippen LogP contribution in [0.25, 0.3) is 0 Å². The maximum absolute atomic E-state index is 12.0. The summed E-state index contributed by atoms with van der Waals surface area (Å²) in [6.07, 6.45) is 1.93. The van der Waals surface area contributed by atoms with Crippen LogP contribution in [0.3, 0.4) is 0 Å². The Morgan fingerprint density at radius 1 is 1.45 bits per heavy atom. The van der Waals surface area contributed by atoms with Gasteiger partial charge in [0.1, 0.15) is 0 Å². The van der Waals surface area contributed by atoms with Crippen LogP contribution in [-0.4, -0.2) is 62.2 Å². The Hall–Kier alpha value is -2.15. The molecule has 1 aliphatic heterocycles. The Bertz CT molecular complexity index is 518. The van der Waals surface area contributed by atoms with Crippen LogP contribution in [0, 0.1) is 5.92 Å². The summed E-state index contributed by atoms with van der Waals surface area (Å²) >= 11 is 0. The number of rotatable bonds is 7. The largest absolute Gasteiger partial charge is 0.481 e. The zero-order valence-corrected chi connectivity index (χ0v) is 12.9. The molecule has 22 heavy (non-hydrogen) atoms. The maximum Gasteiger partial charge on any atom is 0.252 e. The molecule has 1 aromatic rings. The first-order chi connectivity index (χ1) is 10.6. The minimum Gasteiger partial charge on any atom is -0.481 e. The highest BCUT2D eigenvalue weighted by atomic mass is 16.5. The van der Waals surface area contributed by atoms with Gasteiger partial charge in [-0.05, 0) is 6.07 Å². The van der Waals surface area contributed by atoms with Crippen LogP contribution in [-0.2, 0) is 9.53 Å². The number of nitrogens with zero attached hydrogens (tertiary/aromatic N) is 2.